The third-order valence-electron chi connectivity index (χ3n) is 4.58. The predicted molar refractivity (Wildman–Crippen MR) is 89.3 cm³/mol. The quantitative estimate of drug-likeness (QED) is 0.836. The largest absolute Gasteiger partial charge is 0.368 e. The first-order valence-electron chi connectivity index (χ1n) is 8.63. The van der Waals surface area contributed by atoms with Crippen LogP contribution in [0.25, 0.3) is 0 Å². The van der Waals surface area contributed by atoms with Crippen molar-refractivity contribution >= 4 is 11.9 Å². The molecule has 0 spiro atoms. The maximum absolute atomic E-state index is 12.6. The molecule has 1 amide bonds. The van der Waals surface area contributed by atoms with Gasteiger partial charge in [0.15, 0.2) is 5.69 Å². The molecule has 2 aliphatic heterocycles. The topological polar surface area (TPSA) is 84.6 Å². The van der Waals surface area contributed by atoms with Gasteiger partial charge in [-0.3, -0.25) is 4.79 Å². The lowest BCUT2D eigenvalue weighted by Crippen LogP contribution is -2.42. The van der Waals surface area contributed by atoms with Crippen LogP contribution in [0, 0.1) is 6.92 Å². The number of morpholine rings is 1. The normalized spacial score (nSPS) is 20.9. The van der Waals surface area contributed by atoms with Crippen LogP contribution >= 0.6 is 0 Å². The highest BCUT2D eigenvalue weighted by molar-refractivity contribution is 5.92. The Hall–Kier alpha value is -2.48. The maximum atomic E-state index is 12.6. The van der Waals surface area contributed by atoms with Crippen LogP contribution in [0.1, 0.15) is 40.9 Å². The first-order chi connectivity index (χ1) is 12.2. The molecule has 0 radical (unpaired) electrons. The molecule has 132 valence electrons. The molecule has 2 aliphatic rings. The van der Waals surface area contributed by atoms with E-state index in [-0.39, 0.29) is 12.0 Å². The van der Waals surface area contributed by atoms with Gasteiger partial charge in [0.2, 0.25) is 5.95 Å². The molecule has 0 N–H and O–H groups in total. The Morgan fingerprint density at radius 1 is 1.28 bits per heavy atom. The summed E-state index contributed by atoms with van der Waals surface area (Å²) in [7, 11) is 0. The van der Waals surface area contributed by atoms with E-state index in [0.717, 1.165) is 24.7 Å². The maximum Gasteiger partial charge on any atom is 0.276 e. The molecule has 2 aromatic heterocycles. The number of anilines is 1. The molecule has 0 bridgehead atoms. The summed E-state index contributed by atoms with van der Waals surface area (Å²) in [5.41, 5.74) is 1.14. The number of aromatic nitrogens is 3. The zero-order valence-electron chi connectivity index (χ0n) is 14.2. The van der Waals surface area contributed by atoms with Crippen LogP contribution < -0.4 is 4.90 Å². The summed E-state index contributed by atoms with van der Waals surface area (Å²) in [5, 5.41) is 3.82. The Bertz CT molecular complexity index is 756. The van der Waals surface area contributed by atoms with Gasteiger partial charge in [0.05, 0.1) is 18.8 Å². The fourth-order valence-corrected chi connectivity index (χ4v) is 3.25. The van der Waals surface area contributed by atoms with Crippen LogP contribution in [0.5, 0.6) is 0 Å². The monoisotopic (exact) mass is 343 g/mol. The predicted octanol–water partition coefficient (Wildman–Crippen LogP) is 1.59. The van der Waals surface area contributed by atoms with E-state index in [1.807, 2.05) is 6.07 Å². The summed E-state index contributed by atoms with van der Waals surface area (Å²) in [5.74, 6) is 1.23. The molecular formula is C17H21N5O3. The molecular weight excluding hydrogens is 322 g/mol. The van der Waals surface area contributed by atoms with E-state index in [2.05, 4.69) is 20.0 Å². The van der Waals surface area contributed by atoms with Crippen molar-refractivity contribution in [3.05, 3.63) is 35.5 Å². The lowest BCUT2D eigenvalue weighted by Gasteiger charge is -2.32. The number of carbonyl (C=O) groups is 1. The van der Waals surface area contributed by atoms with E-state index in [1.54, 1.807) is 24.1 Å². The summed E-state index contributed by atoms with van der Waals surface area (Å²) in [6.45, 7) is 5.20. The van der Waals surface area contributed by atoms with Gasteiger partial charge in [-0.25, -0.2) is 9.97 Å². The van der Waals surface area contributed by atoms with Gasteiger partial charge in [0, 0.05) is 31.9 Å². The molecule has 4 heterocycles. The van der Waals surface area contributed by atoms with E-state index in [0.29, 0.717) is 31.2 Å². The van der Waals surface area contributed by atoms with E-state index in [9.17, 15) is 4.79 Å². The highest BCUT2D eigenvalue weighted by Gasteiger charge is 2.29. The Labute approximate surface area is 145 Å². The Morgan fingerprint density at radius 3 is 2.88 bits per heavy atom. The number of rotatable bonds is 3. The van der Waals surface area contributed by atoms with Crippen LogP contribution in [0.3, 0.4) is 0 Å². The number of ether oxygens (including phenoxy) is 1. The Morgan fingerprint density at radius 2 is 2.12 bits per heavy atom. The molecule has 0 saturated carbocycles. The lowest BCUT2D eigenvalue weighted by atomic mass is 10.2. The van der Waals surface area contributed by atoms with Gasteiger partial charge in [0.1, 0.15) is 11.9 Å². The SMILES string of the molecule is Cc1cc(C(=O)N2CCOC(c3ccnc(N4CCCC4)n3)C2)no1. The zero-order valence-corrected chi connectivity index (χ0v) is 14.2. The lowest BCUT2D eigenvalue weighted by molar-refractivity contribution is -0.0250. The average molecular weight is 343 g/mol. The van der Waals surface area contributed by atoms with Gasteiger partial charge >= 0.3 is 0 Å². The van der Waals surface area contributed by atoms with Gasteiger partial charge in [-0.05, 0) is 25.8 Å². The fourth-order valence-electron chi connectivity index (χ4n) is 3.25. The minimum atomic E-state index is -0.255. The third-order valence-corrected chi connectivity index (χ3v) is 4.58. The number of hydrogen-bond donors (Lipinski definition) is 0. The number of nitrogens with zero attached hydrogens (tertiary/aromatic N) is 5. The van der Waals surface area contributed by atoms with E-state index in [4.69, 9.17) is 9.26 Å². The van der Waals surface area contributed by atoms with Crippen LogP contribution in [0.4, 0.5) is 5.95 Å². The molecule has 8 nitrogen and oxygen atoms in total. The van der Waals surface area contributed by atoms with E-state index in [1.165, 1.54) is 12.8 Å². The van der Waals surface area contributed by atoms with E-state index >= 15 is 0 Å². The average Bonchev–Trinajstić information content (AvgIpc) is 3.33. The van der Waals surface area contributed by atoms with Crippen molar-refractivity contribution in [2.75, 3.05) is 37.7 Å². The second-order valence-electron chi connectivity index (χ2n) is 6.41. The molecule has 1 atom stereocenters. The minimum Gasteiger partial charge on any atom is -0.368 e. The standard InChI is InChI=1S/C17H21N5O3/c1-12-10-14(20-25-12)16(23)22-8-9-24-15(11-22)13-4-5-18-17(19-13)21-6-2-3-7-21/h4-5,10,15H,2-3,6-9,11H2,1H3. The number of aryl methyl sites for hydroxylation is 1. The van der Waals surface area contributed by atoms with Crippen molar-refractivity contribution in [3.8, 4) is 0 Å². The number of hydrogen-bond acceptors (Lipinski definition) is 7. The molecule has 1 unspecified atom stereocenters. The second-order valence-corrected chi connectivity index (χ2v) is 6.41. The molecule has 4 rings (SSSR count). The van der Waals surface area contributed by atoms with Crippen LogP contribution in [-0.4, -0.2) is 58.7 Å². The van der Waals surface area contributed by atoms with Gasteiger partial charge in [-0.15, -0.1) is 0 Å². The molecule has 2 aromatic rings. The first-order valence-corrected chi connectivity index (χ1v) is 8.63. The first kappa shape index (κ1) is 16.0. The van der Waals surface area contributed by atoms with Crippen molar-refractivity contribution in [2.24, 2.45) is 0 Å². The van der Waals surface area contributed by atoms with Gasteiger partial charge < -0.3 is 19.1 Å². The van der Waals surface area contributed by atoms with Crippen molar-refractivity contribution in [1.82, 2.24) is 20.0 Å². The molecule has 25 heavy (non-hydrogen) atoms. The highest BCUT2D eigenvalue weighted by Crippen LogP contribution is 2.24. The summed E-state index contributed by atoms with van der Waals surface area (Å²) >= 11 is 0. The number of carbonyl (C=O) groups excluding carboxylic acids is 1. The summed E-state index contributed by atoms with van der Waals surface area (Å²) in [6.07, 6.45) is 3.86. The summed E-state index contributed by atoms with van der Waals surface area (Å²) in [6, 6.07) is 3.52. The second kappa shape index (κ2) is 6.79. The number of amides is 1. The van der Waals surface area contributed by atoms with Crippen molar-refractivity contribution in [3.63, 3.8) is 0 Å². The van der Waals surface area contributed by atoms with Crippen LogP contribution in [0.2, 0.25) is 0 Å². The molecule has 0 aromatic carbocycles. The van der Waals surface area contributed by atoms with Gasteiger partial charge in [0.25, 0.3) is 5.91 Å². The highest BCUT2D eigenvalue weighted by atomic mass is 16.5. The van der Waals surface area contributed by atoms with Crippen molar-refractivity contribution in [2.45, 2.75) is 25.9 Å². The van der Waals surface area contributed by atoms with Crippen LogP contribution in [-0.2, 0) is 4.74 Å². The Kier molecular flexibility index (Phi) is 4.35. The molecule has 2 saturated heterocycles. The van der Waals surface area contributed by atoms with Crippen molar-refractivity contribution < 1.29 is 14.1 Å². The van der Waals surface area contributed by atoms with Gasteiger partial charge in [-0.2, -0.15) is 0 Å². The van der Waals surface area contributed by atoms with Crippen molar-refractivity contribution in [1.29, 1.82) is 0 Å². The molecule has 8 heteroatoms. The smallest absolute Gasteiger partial charge is 0.276 e. The van der Waals surface area contributed by atoms with Gasteiger partial charge in [-0.1, -0.05) is 5.16 Å². The fraction of sp³-hybridized carbons (Fsp3) is 0.529. The van der Waals surface area contributed by atoms with E-state index < -0.39 is 0 Å². The molecule has 2 fully saturated rings. The summed E-state index contributed by atoms with van der Waals surface area (Å²) < 4.78 is 10.9. The Balaban J connectivity index is 1.49. The minimum absolute atomic E-state index is 0.140. The molecule has 0 aliphatic carbocycles. The van der Waals surface area contributed by atoms with Crippen LogP contribution in [0.15, 0.2) is 22.9 Å². The summed E-state index contributed by atoms with van der Waals surface area (Å²) in [4.78, 5) is 25.5. The zero-order chi connectivity index (χ0) is 17.2. The third kappa shape index (κ3) is 3.34.